The molecular weight excluding hydrogens is 446 g/mol. The van der Waals surface area contributed by atoms with Crippen LogP contribution in [0.15, 0.2) is 24.3 Å². The molecule has 0 unspecified atom stereocenters. The highest BCUT2D eigenvalue weighted by atomic mass is 16.6. The number of tetrazole rings is 1. The van der Waals surface area contributed by atoms with Crippen molar-refractivity contribution in [1.82, 2.24) is 35.7 Å². The molecule has 0 bridgehead atoms. The van der Waals surface area contributed by atoms with Crippen LogP contribution in [0.3, 0.4) is 0 Å². The Bertz CT molecular complexity index is 1020. The zero-order valence-electron chi connectivity index (χ0n) is 20.1. The molecule has 6 rings (SSSR count). The summed E-state index contributed by atoms with van der Waals surface area (Å²) in [7, 11) is 0. The third-order valence-corrected chi connectivity index (χ3v) is 7.88. The largest absolute Gasteiger partial charge is 0.371 e. The van der Waals surface area contributed by atoms with E-state index in [9.17, 15) is 4.79 Å². The monoisotopic (exact) mass is 481 g/mol. The predicted octanol–water partition coefficient (Wildman–Crippen LogP) is 2.28. The first kappa shape index (κ1) is 22.9. The second kappa shape index (κ2) is 10.2. The number of hydrogen-bond acceptors (Lipinski definition) is 7. The maximum absolute atomic E-state index is 12.6. The molecule has 0 radical (unpaired) electrons. The van der Waals surface area contributed by atoms with Crippen molar-refractivity contribution >= 4 is 6.03 Å². The molecule has 10 heteroatoms. The lowest BCUT2D eigenvalue weighted by molar-refractivity contribution is 0.0624. The van der Waals surface area contributed by atoms with Crippen LogP contribution in [0.5, 0.6) is 0 Å². The van der Waals surface area contributed by atoms with Crippen LogP contribution in [0.25, 0.3) is 11.4 Å². The fourth-order valence-electron chi connectivity index (χ4n) is 6.07. The molecule has 4 heterocycles. The standard InChI is InChI=1S/C25H35N7O3/c33-25(26-19-9-2-1-3-10-19)27-20-15-34-23-21(16-35-22(20)23)32-24(28-29-30-32)18-8-6-7-17(13-18)14-31-11-4-5-12-31/h6-8,13,19-23H,1-5,9-12,14-16H2,(H2,26,27,33)/t20-,21+,22-,23+/m0/s1. The average molecular weight is 482 g/mol. The van der Waals surface area contributed by atoms with Crippen LogP contribution in [-0.4, -0.2) is 81.7 Å². The van der Waals surface area contributed by atoms with Crippen LogP contribution in [-0.2, 0) is 16.0 Å². The van der Waals surface area contributed by atoms with Gasteiger partial charge in [0.25, 0.3) is 0 Å². The molecule has 2 N–H and O–H groups in total. The topological polar surface area (TPSA) is 106 Å². The molecule has 4 fully saturated rings. The Morgan fingerprint density at radius 1 is 1.00 bits per heavy atom. The number of likely N-dealkylation sites (tertiary alicyclic amines) is 1. The molecular formula is C25H35N7O3. The minimum atomic E-state index is -0.212. The number of urea groups is 1. The molecule has 1 aliphatic carbocycles. The highest BCUT2D eigenvalue weighted by molar-refractivity contribution is 5.74. The summed E-state index contributed by atoms with van der Waals surface area (Å²) in [6, 6.07) is 8.30. The van der Waals surface area contributed by atoms with Gasteiger partial charge in [-0.2, -0.15) is 0 Å². The van der Waals surface area contributed by atoms with Gasteiger partial charge in [0.05, 0.1) is 19.3 Å². The molecule has 0 spiro atoms. The number of carbonyl (C=O) groups excluding carboxylic acids is 1. The van der Waals surface area contributed by atoms with Gasteiger partial charge in [-0.05, 0) is 60.8 Å². The van der Waals surface area contributed by atoms with E-state index in [1.54, 1.807) is 0 Å². The smallest absolute Gasteiger partial charge is 0.315 e. The Morgan fingerprint density at radius 2 is 1.83 bits per heavy atom. The number of hydrogen-bond donors (Lipinski definition) is 2. The number of nitrogens with zero attached hydrogens (tertiary/aromatic N) is 5. The lowest BCUT2D eigenvalue weighted by Crippen LogP contribution is -2.50. The van der Waals surface area contributed by atoms with E-state index in [2.05, 4.69) is 55.3 Å². The molecule has 2 amide bonds. The first-order valence-corrected chi connectivity index (χ1v) is 13.1. The second-order valence-corrected chi connectivity index (χ2v) is 10.4. The zero-order chi connectivity index (χ0) is 23.6. The number of carbonyl (C=O) groups is 1. The Kier molecular flexibility index (Phi) is 6.67. The van der Waals surface area contributed by atoms with Gasteiger partial charge in [0.2, 0.25) is 0 Å². The van der Waals surface area contributed by atoms with Crippen LogP contribution >= 0.6 is 0 Å². The van der Waals surface area contributed by atoms with Gasteiger partial charge in [-0.3, -0.25) is 4.90 Å². The summed E-state index contributed by atoms with van der Waals surface area (Å²) in [5, 5.41) is 18.9. The highest BCUT2D eigenvalue weighted by Gasteiger charge is 2.50. The Morgan fingerprint density at radius 3 is 2.69 bits per heavy atom. The molecule has 3 aliphatic heterocycles. The number of aromatic nitrogens is 4. The summed E-state index contributed by atoms with van der Waals surface area (Å²) in [6.45, 7) is 4.15. The summed E-state index contributed by atoms with van der Waals surface area (Å²) in [5.74, 6) is 0.720. The molecule has 4 aliphatic rings. The van der Waals surface area contributed by atoms with Gasteiger partial charge in [0.15, 0.2) is 5.82 Å². The normalized spacial score (nSPS) is 29.4. The van der Waals surface area contributed by atoms with E-state index < -0.39 is 0 Å². The van der Waals surface area contributed by atoms with Crippen LogP contribution in [0.4, 0.5) is 4.79 Å². The minimum absolute atomic E-state index is 0.129. The third-order valence-electron chi connectivity index (χ3n) is 7.88. The van der Waals surface area contributed by atoms with Crippen molar-refractivity contribution < 1.29 is 14.3 Å². The Balaban J connectivity index is 1.11. The number of amides is 2. The predicted molar refractivity (Wildman–Crippen MR) is 129 cm³/mol. The van der Waals surface area contributed by atoms with Crippen molar-refractivity contribution in [3.63, 3.8) is 0 Å². The average Bonchev–Trinajstić information content (AvgIpc) is 3.66. The van der Waals surface area contributed by atoms with E-state index in [1.807, 2.05) is 4.68 Å². The Labute approximate surface area is 205 Å². The molecule has 3 saturated heterocycles. The fraction of sp³-hybridized carbons (Fsp3) is 0.680. The lowest BCUT2D eigenvalue weighted by atomic mass is 9.96. The highest BCUT2D eigenvalue weighted by Crippen LogP contribution is 2.36. The molecule has 1 aromatic carbocycles. The van der Waals surface area contributed by atoms with Crippen molar-refractivity contribution in [3.05, 3.63) is 29.8 Å². The van der Waals surface area contributed by atoms with Gasteiger partial charge in [-0.25, -0.2) is 9.48 Å². The SMILES string of the molecule is O=C(NC1CCCCC1)N[C@H]1CO[C@H]2[C@H]1OC[C@H]2n1nnnc1-c1cccc(CN2CCCC2)c1. The fourth-order valence-corrected chi connectivity index (χ4v) is 6.07. The quantitative estimate of drug-likeness (QED) is 0.652. The van der Waals surface area contributed by atoms with E-state index >= 15 is 0 Å². The van der Waals surface area contributed by atoms with Crippen molar-refractivity contribution in [3.8, 4) is 11.4 Å². The van der Waals surface area contributed by atoms with Crippen molar-refractivity contribution in [2.75, 3.05) is 26.3 Å². The number of fused-ring (bicyclic) bond motifs is 1. The van der Waals surface area contributed by atoms with Crippen LogP contribution in [0.2, 0.25) is 0 Å². The van der Waals surface area contributed by atoms with Crippen molar-refractivity contribution in [1.29, 1.82) is 0 Å². The van der Waals surface area contributed by atoms with Crippen molar-refractivity contribution in [2.24, 2.45) is 0 Å². The molecule has 188 valence electrons. The summed E-state index contributed by atoms with van der Waals surface area (Å²) < 4.78 is 14.1. The third kappa shape index (κ3) is 4.92. The molecule has 4 atom stereocenters. The van der Waals surface area contributed by atoms with Gasteiger partial charge in [0, 0.05) is 18.2 Å². The van der Waals surface area contributed by atoms with Gasteiger partial charge in [-0.1, -0.05) is 37.5 Å². The first-order chi connectivity index (χ1) is 17.2. The van der Waals surface area contributed by atoms with E-state index in [0.717, 1.165) is 43.9 Å². The second-order valence-electron chi connectivity index (χ2n) is 10.4. The zero-order valence-corrected chi connectivity index (χ0v) is 20.1. The first-order valence-electron chi connectivity index (χ1n) is 13.1. The number of rotatable bonds is 6. The van der Waals surface area contributed by atoms with Crippen LogP contribution < -0.4 is 10.6 Å². The molecule has 10 nitrogen and oxygen atoms in total. The van der Waals surface area contributed by atoms with E-state index in [-0.39, 0.29) is 36.4 Å². The maximum Gasteiger partial charge on any atom is 0.315 e. The maximum atomic E-state index is 12.6. The minimum Gasteiger partial charge on any atom is -0.371 e. The summed E-state index contributed by atoms with van der Waals surface area (Å²) in [4.78, 5) is 15.1. The van der Waals surface area contributed by atoms with Gasteiger partial charge in [0.1, 0.15) is 18.2 Å². The molecule has 1 saturated carbocycles. The van der Waals surface area contributed by atoms with Crippen molar-refractivity contribution in [2.45, 2.75) is 81.8 Å². The number of nitrogens with one attached hydrogen (secondary N) is 2. The summed E-state index contributed by atoms with van der Waals surface area (Å²) in [6.07, 6.45) is 7.88. The van der Waals surface area contributed by atoms with Gasteiger partial charge in [-0.15, -0.1) is 5.10 Å². The van der Waals surface area contributed by atoms with Crippen LogP contribution in [0, 0.1) is 0 Å². The van der Waals surface area contributed by atoms with Gasteiger partial charge < -0.3 is 20.1 Å². The van der Waals surface area contributed by atoms with Crippen LogP contribution in [0.1, 0.15) is 56.6 Å². The summed E-state index contributed by atoms with van der Waals surface area (Å²) >= 11 is 0. The molecule has 35 heavy (non-hydrogen) atoms. The summed E-state index contributed by atoms with van der Waals surface area (Å²) in [5.41, 5.74) is 2.26. The molecule has 2 aromatic rings. The van der Waals surface area contributed by atoms with E-state index in [1.165, 1.54) is 37.7 Å². The number of benzene rings is 1. The van der Waals surface area contributed by atoms with E-state index in [4.69, 9.17) is 9.47 Å². The van der Waals surface area contributed by atoms with Gasteiger partial charge >= 0.3 is 6.03 Å². The number of ether oxygens (including phenoxy) is 2. The lowest BCUT2D eigenvalue weighted by Gasteiger charge is -2.24. The molecule has 1 aromatic heterocycles. The Hall–Kier alpha value is -2.56. The van der Waals surface area contributed by atoms with E-state index in [0.29, 0.717) is 13.2 Å².